The number of hydrogen-bond donors (Lipinski definition) is 5. The fourth-order valence-corrected chi connectivity index (χ4v) is 7.69. The van der Waals surface area contributed by atoms with Gasteiger partial charge in [-0.2, -0.15) is 15.3 Å². The number of fused-ring (bicyclic) bond motifs is 2. The molecule has 0 bridgehead atoms. The van der Waals surface area contributed by atoms with E-state index in [1.807, 2.05) is 74.8 Å². The summed E-state index contributed by atoms with van der Waals surface area (Å²) in [5.41, 5.74) is 14.4. The molecule has 0 unspecified atom stereocenters. The molecule has 9 rings (SSSR count). The van der Waals surface area contributed by atoms with Crippen LogP contribution in [0.4, 0.5) is 5.69 Å². The number of amides is 1. The number of aryl methyl sites for hydroxylation is 3. The van der Waals surface area contributed by atoms with E-state index in [2.05, 4.69) is 69.3 Å². The van der Waals surface area contributed by atoms with Crippen LogP contribution >= 0.6 is 23.2 Å². The van der Waals surface area contributed by atoms with Crippen molar-refractivity contribution in [3.63, 3.8) is 0 Å². The highest BCUT2D eigenvalue weighted by atomic mass is 35.5. The molecule has 2 saturated carbocycles. The molecule has 0 spiro atoms. The highest BCUT2D eigenvalue weighted by Gasteiger charge is 2.48. The highest BCUT2D eigenvalue weighted by Crippen LogP contribution is 2.48. The second kappa shape index (κ2) is 18.2. The molecule has 1 amide bonds. The van der Waals surface area contributed by atoms with Crippen LogP contribution < -0.4 is 11.1 Å². The summed E-state index contributed by atoms with van der Waals surface area (Å²) in [6, 6.07) is 14.2. The van der Waals surface area contributed by atoms with Gasteiger partial charge in [0.1, 0.15) is 11.4 Å². The fraction of sp³-hybridized carbons (Fsp3) is 0.391. The predicted octanol–water partition coefficient (Wildman–Crippen LogP) is 10.2. The van der Waals surface area contributed by atoms with E-state index in [4.69, 9.17) is 40.6 Å². The third-order valence-corrected chi connectivity index (χ3v) is 11.4. The number of nitrogens with zero attached hydrogens (tertiary/aromatic N) is 7. The summed E-state index contributed by atoms with van der Waals surface area (Å²) in [4.78, 5) is 32.7. The lowest BCUT2D eigenvalue weighted by atomic mass is 9.99. The molecule has 2 aliphatic carbocycles. The maximum atomic E-state index is 12.8. The minimum atomic E-state index is -0.965. The molecule has 16 heteroatoms. The molecule has 326 valence electrons. The summed E-state index contributed by atoms with van der Waals surface area (Å²) in [5, 5.41) is 28.1. The third-order valence-electron chi connectivity index (χ3n) is 10.9. The van der Waals surface area contributed by atoms with Gasteiger partial charge in [-0.25, -0.2) is 9.64 Å². The van der Waals surface area contributed by atoms with Crippen LogP contribution in [0.1, 0.15) is 134 Å². The topological polar surface area (TPSA) is 182 Å². The first-order chi connectivity index (χ1) is 29.2. The molecule has 0 radical (unpaired) electrons. The van der Waals surface area contributed by atoms with Crippen LogP contribution in [0.2, 0.25) is 10.0 Å². The van der Waals surface area contributed by atoms with E-state index >= 15 is 0 Å². The number of carboxylic acids is 1. The summed E-state index contributed by atoms with van der Waals surface area (Å²) in [5.74, 6) is 0.0639. The van der Waals surface area contributed by atoms with Gasteiger partial charge in [0, 0.05) is 88.3 Å². The van der Waals surface area contributed by atoms with Crippen molar-refractivity contribution in [1.82, 2.24) is 44.6 Å². The maximum absolute atomic E-state index is 12.8. The number of aromatic carboxylic acids is 1. The Morgan fingerprint density at radius 1 is 0.726 bits per heavy atom. The molecule has 7 aromatic rings. The zero-order chi connectivity index (χ0) is 45.3. The average Bonchev–Trinajstić information content (AvgIpc) is 3.71. The summed E-state index contributed by atoms with van der Waals surface area (Å²) >= 11 is 11.8. The van der Waals surface area contributed by atoms with Gasteiger partial charge in [0.25, 0.3) is 5.91 Å². The zero-order valence-electron chi connectivity index (χ0n) is 36.6. The zero-order valence-corrected chi connectivity index (χ0v) is 38.2. The Morgan fingerprint density at radius 2 is 1.18 bits per heavy atom. The largest absolute Gasteiger partial charge is 0.477 e. The van der Waals surface area contributed by atoms with E-state index < -0.39 is 5.97 Å². The van der Waals surface area contributed by atoms with Gasteiger partial charge >= 0.3 is 5.97 Å². The van der Waals surface area contributed by atoms with E-state index in [1.165, 1.54) is 11.3 Å². The second-order valence-electron chi connectivity index (χ2n) is 17.2. The first kappa shape index (κ1) is 45.6. The Morgan fingerprint density at radius 3 is 1.63 bits per heavy atom. The molecule has 5 heterocycles. The Labute approximate surface area is 371 Å². The summed E-state index contributed by atoms with van der Waals surface area (Å²) in [6.07, 6.45) is 9.96. The lowest BCUT2D eigenvalue weighted by Crippen LogP contribution is -2.35. The quantitative estimate of drug-likeness (QED) is 0.0942. The van der Waals surface area contributed by atoms with E-state index in [0.29, 0.717) is 39.2 Å². The van der Waals surface area contributed by atoms with E-state index in [9.17, 15) is 9.59 Å². The van der Waals surface area contributed by atoms with Crippen LogP contribution in [-0.4, -0.2) is 56.3 Å². The van der Waals surface area contributed by atoms with Gasteiger partial charge in [0.2, 0.25) is 5.69 Å². The number of halogens is 2. The smallest absolute Gasteiger partial charge is 0.352 e. The van der Waals surface area contributed by atoms with Crippen LogP contribution in [0.25, 0.3) is 26.7 Å². The normalized spacial score (nSPS) is 14.4. The number of carbonyl (C=O) groups excluding carboxylic acids is 1. The first-order valence-electron chi connectivity index (χ1n) is 20.6. The molecule has 0 saturated heterocycles. The van der Waals surface area contributed by atoms with Crippen molar-refractivity contribution < 1.29 is 14.7 Å². The Hall–Kier alpha value is -5.88. The van der Waals surface area contributed by atoms with Gasteiger partial charge in [-0.1, -0.05) is 64.7 Å². The van der Waals surface area contributed by atoms with Gasteiger partial charge < -0.3 is 26.1 Å². The molecular weight excluding hydrogens is 825 g/mol. The molecule has 2 aromatic carbocycles. The van der Waals surface area contributed by atoms with Gasteiger partial charge in [-0.15, -0.1) is 0 Å². The number of aromatic nitrogens is 8. The molecule has 2 aliphatic rings. The minimum Gasteiger partial charge on any atom is -0.477 e. The Balaban J connectivity index is 0.000000148. The molecule has 0 aliphatic heterocycles. The number of nitrogens with two attached hydrogens (primary N) is 1. The van der Waals surface area contributed by atoms with Gasteiger partial charge in [0.15, 0.2) is 0 Å². The molecule has 2 fully saturated rings. The van der Waals surface area contributed by atoms with Crippen LogP contribution in [0.5, 0.6) is 0 Å². The van der Waals surface area contributed by atoms with Crippen molar-refractivity contribution in [2.75, 3.05) is 0 Å². The number of nitrogens with one attached hydrogen (secondary N) is 3. The Kier molecular flexibility index (Phi) is 13.4. The standard InChI is InChI=1S/C19H21ClN4O.C10H17N3.C9H6ClNO2.C8H11N3/c1-11(2)17-14(10-24(3)23-17)19(6-7-19)22-18(25)16-9-12-8-13(20)4-5-15(12)21-16;1-7(2)9-8(6-13(3)12-9)10(11)4-5-10;10-6-1-2-7-5(3-6)4-8(11-7)9(12)13;1-6(2)8-7(9-3)5-11(4)10-8/h4-5,8-11,21H,6-7H2,1-3H3,(H,22,25);6-7H,4-5,11H2,1-3H3;1-4,11H,(H,12,13);5-6H,1-2,4H3. The molecule has 0 atom stereocenters. The first-order valence-corrected chi connectivity index (χ1v) is 21.4. The second-order valence-corrected chi connectivity index (χ2v) is 18.1. The van der Waals surface area contributed by atoms with Gasteiger partial charge in [-0.05, 0) is 92.0 Å². The van der Waals surface area contributed by atoms with E-state index in [-0.39, 0.29) is 22.7 Å². The van der Waals surface area contributed by atoms with Gasteiger partial charge in [0.05, 0.1) is 29.2 Å². The predicted molar refractivity (Wildman–Crippen MR) is 245 cm³/mol. The molecule has 62 heavy (non-hydrogen) atoms. The minimum absolute atomic E-state index is 0.0478. The molecular formula is C46H55Cl2N11O3. The number of benzene rings is 2. The van der Waals surface area contributed by atoms with Crippen molar-refractivity contribution in [3.8, 4) is 0 Å². The number of rotatable bonds is 8. The fourth-order valence-electron chi connectivity index (χ4n) is 7.33. The number of hydrogen-bond acceptors (Lipinski definition) is 6. The average molecular weight is 881 g/mol. The molecule has 14 nitrogen and oxygen atoms in total. The molecule has 6 N–H and O–H groups in total. The number of H-pyrrole nitrogens is 2. The SMILES string of the molecule is CC(C)c1nn(C)cc1C1(N)CC1.CC(C)c1nn(C)cc1C1(NC(=O)c2cc3cc(Cl)ccc3[nH]2)CC1.O=C(O)c1cc2cc(Cl)ccc2[nH]1.[C-]#[N+]c1cn(C)nc1C(C)C. The summed E-state index contributed by atoms with van der Waals surface area (Å²) < 4.78 is 5.39. The summed E-state index contributed by atoms with van der Waals surface area (Å²) in [7, 11) is 5.72. The van der Waals surface area contributed by atoms with Crippen molar-refractivity contribution >= 4 is 62.6 Å². The highest BCUT2D eigenvalue weighted by molar-refractivity contribution is 6.31. The van der Waals surface area contributed by atoms with E-state index in [1.54, 1.807) is 35.1 Å². The Bertz CT molecular complexity index is 2770. The lowest BCUT2D eigenvalue weighted by molar-refractivity contribution is 0.0691. The maximum Gasteiger partial charge on any atom is 0.352 e. The van der Waals surface area contributed by atoms with Crippen LogP contribution in [0.3, 0.4) is 0 Å². The molecule has 5 aromatic heterocycles. The monoisotopic (exact) mass is 879 g/mol. The van der Waals surface area contributed by atoms with Crippen LogP contribution in [0.15, 0.2) is 67.1 Å². The van der Waals surface area contributed by atoms with Gasteiger partial charge in [-0.3, -0.25) is 18.8 Å². The van der Waals surface area contributed by atoms with Crippen molar-refractivity contribution in [2.45, 2.75) is 96.1 Å². The van der Waals surface area contributed by atoms with Crippen molar-refractivity contribution in [2.24, 2.45) is 26.9 Å². The van der Waals surface area contributed by atoms with Crippen molar-refractivity contribution in [3.05, 3.63) is 128 Å². The number of aromatic amines is 2. The van der Waals surface area contributed by atoms with Crippen LogP contribution in [0, 0.1) is 6.57 Å². The lowest BCUT2D eigenvalue weighted by Gasteiger charge is -2.18. The third kappa shape index (κ3) is 10.4. The number of carbonyl (C=O) groups is 2. The van der Waals surface area contributed by atoms with Crippen LogP contribution in [-0.2, 0) is 32.2 Å². The van der Waals surface area contributed by atoms with Crippen molar-refractivity contribution in [1.29, 1.82) is 0 Å². The number of carboxylic acid groups (broad SMARTS) is 1. The summed E-state index contributed by atoms with van der Waals surface area (Å²) in [6.45, 7) is 19.5. The van der Waals surface area contributed by atoms with E-state index in [0.717, 1.165) is 64.4 Å².